The first-order valence-electron chi connectivity index (χ1n) is 9.25. The Balaban J connectivity index is 1.67. The van der Waals surface area contributed by atoms with Gasteiger partial charge in [-0.2, -0.15) is 5.26 Å². The van der Waals surface area contributed by atoms with E-state index in [9.17, 15) is 14.9 Å². The highest BCUT2D eigenvalue weighted by atomic mass is 32.2. The molecule has 162 valence electrons. The molecule has 0 radical (unpaired) electrons. The molecule has 0 unspecified atom stereocenters. The Morgan fingerprint density at radius 1 is 1.35 bits per heavy atom. The Hall–Kier alpha value is -3.30. The van der Waals surface area contributed by atoms with Gasteiger partial charge in [0.05, 0.1) is 30.7 Å². The van der Waals surface area contributed by atoms with E-state index >= 15 is 0 Å². The fourth-order valence-electron chi connectivity index (χ4n) is 2.75. The third kappa shape index (κ3) is 5.44. The fraction of sp³-hybridized carbons (Fsp3) is 0.316. The van der Waals surface area contributed by atoms with Gasteiger partial charge < -0.3 is 19.0 Å². The van der Waals surface area contributed by atoms with Crippen LogP contribution >= 0.6 is 23.1 Å². The number of amides is 2. The Morgan fingerprint density at radius 2 is 2.16 bits per heavy atom. The van der Waals surface area contributed by atoms with Crippen LogP contribution < -0.4 is 10.6 Å². The number of carbonyl (C=O) groups excluding carboxylic acids is 2. The number of hydrogen-bond donors (Lipinski definition) is 2. The van der Waals surface area contributed by atoms with Crippen LogP contribution in [0, 0.1) is 25.2 Å². The van der Waals surface area contributed by atoms with Gasteiger partial charge in [0.1, 0.15) is 17.6 Å². The van der Waals surface area contributed by atoms with Gasteiger partial charge in [-0.25, -0.2) is 4.79 Å². The molecule has 0 aromatic carbocycles. The largest absolute Gasteiger partial charge is 0.467 e. The SMILES string of the molecule is CCOC(=O)Nc1nnc(SCC(=O)Nc2c(C#N)c(C)c(C)n2Cc2ccco2)s1. The molecule has 0 bridgehead atoms. The number of thioether (sulfide) groups is 1. The summed E-state index contributed by atoms with van der Waals surface area (Å²) in [5.41, 5.74) is 2.09. The molecule has 0 aliphatic carbocycles. The average Bonchev–Trinajstić information content (AvgIpc) is 3.45. The molecule has 2 N–H and O–H groups in total. The fourth-order valence-corrected chi connectivity index (χ4v) is 4.29. The zero-order chi connectivity index (χ0) is 22.4. The van der Waals surface area contributed by atoms with Crippen molar-refractivity contribution in [3.8, 4) is 6.07 Å². The molecule has 0 fully saturated rings. The van der Waals surface area contributed by atoms with Crippen LogP contribution in [0.2, 0.25) is 0 Å². The van der Waals surface area contributed by atoms with Crippen LogP contribution in [-0.2, 0) is 16.1 Å². The third-order valence-electron chi connectivity index (χ3n) is 4.31. The van der Waals surface area contributed by atoms with Crippen LogP contribution in [0.5, 0.6) is 0 Å². The average molecular weight is 461 g/mol. The van der Waals surface area contributed by atoms with Gasteiger partial charge in [-0.05, 0) is 38.5 Å². The van der Waals surface area contributed by atoms with E-state index in [1.807, 2.05) is 24.5 Å². The molecule has 0 aliphatic rings. The molecule has 3 aromatic heterocycles. The van der Waals surface area contributed by atoms with Crippen LogP contribution in [-0.4, -0.2) is 39.1 Å². The summed E-state index contributed by atoms with van der Waals surface area (Å²) in [4.78, 5) is 24.0. The van der Waals surface area contributed by atoms with Gasteiger partial charge in [0.15, 0.2) is 4.34 Å². The van der Waals surface area contributed by atoms with Crippen molar-refractivity contribution >= 4 is 46.0 Å². The van der Waals surface area contributed by atoms with Gasteiger partial charge in [-0.3, -0.25) is 10.1 Å². The van der Waals surface area contributed by atoms with Crippen molar-refractivity contribution < 1.29 is 18.7 Å². The molecule has 10 nitrogen and oxygen atoms in total. The monoisotopic (exact) mass is 460 g/mol. The van der Waals surface area contributed by atoms with E-state index < -0.39 is 6.09 Å². The number of carbonyl (C=O) groups is 2. The first-order chi connectivity index (χ1) is 14.9. The van der Waals surface area contributed by atoms with Crippen molar-refractivity contribution in [2.24, 2.45) is 0 Å². The Bertz CT molecular complexity index is 1110. The zero-order valence-corrected chi connectivity index (χ0v) is 18.7. The molecule has 3 rings (SSSR count). The molecular weight excluding hydrogens is 440 g/mol. The topological polar surface area (TPSA) is 135 Å². The van der Waals surface area contributed by atoms with Gasteiger partial charge in [-0.15, -0.1) is 10.2 Å². The maximum atomic E-state index is 12.6. The number of aromatic nitrogens is 3. The van der Waals surface area contributed by atoms with Crippen LogP contribution in [0.25, 0.3) is 0 Å². The van der Waals surface area contributed by atoms with Crippen molar-refractivity contribution in [2.75, 3.05) is 23.0 Å². The predicted molar refractivity (Wildman–Crippen MR) is 116 cm³/mol. The van der Waals surface area contributed by atoms with Crippen molar-refractivity contribution in [2.45, 2.75) is 31.7 Å². The van der Waals surface area contributed by atoms with Crippen molar-refractivity contribution in [3.05, 3.63) is 41.0 Å². The number of hydrogen-bond acceptors (Lipinski definition) is 9. The molecule has 12 heteroatoms. The standard InChI is InChI=1S/C19H20N6O4S2/c1-4-28-18(27)22-17-23-24-19(31-17)30-10-15(26)21-16-14(8-20)11(2)12(3)25(16)9-13-6-5-7-29-13/h5-7H,4,9-10H2,1-3H3,(H,21,26)(H,22,23,27). The van der Waals surface area contributed by atoms with Gasteiger partial charge >= 0.3 is 6.09 Å². The maximum Gasteiger partial charge on any atom is 0.413 e. The van der Waals surface area contributed by atoms with Gasteiger partial charge in [0.2, 0.25) is 11.0 Å². The molecule has 31 heavy (non-hydrogen) atoms. The smallest absolute Gasteiger partial charge is 0.413 e. The second-order valence-corrected chi connectivity index (χ2v) is 8.47. The lowest BCUT2D eigenvalue weighted by atomic mass is 10.2. The first-order valence-corrected chi connectivity index (χ1v) is 11.0. The number of nitrogens with zero attached hydrogens (tertiary/aromatic N) is 4. The van der Waals surface area contributed by atoms with E-state index in [1.54, 1.807) is 19.3 Å². The van der Waals surface area contributed by atoms with E-state index in [-0.39, 0.29) is 23.4 Å². The van der Waals surface area contributed by atoms with Gasteiger partial charge in [-0.1, -0.05) is 23.1 Å². The Labute approximate surface area is 186 Å². The van der Waals surface area contributed by atoms with Crippen molar-refractivity contribution in [1.82, 2.24) is 14.8 Å². The molecule has 0 atom stereocenters. The molecule has 0 saturated heterocycles. The highest BCUT2D eigenvalue weighted by Gasteiger charge is 2.21. The second kappa shape index (κ2) is 10.1. The summed E-state index contributed by atoms with van der Waals surface area (Å²) in [6.45, 7) is 6.07. The summed E-state index contributed by atoms with van der Waals surface area (Å²) in [6, 6.07) is 5.79. The molecule has 3 heterocycles. The van der Waals surface area contributed by atoms with Crippen molar-refractivity contribution in [1.29, 1.82) is 5.26 Å². The molecule has 3 aromatic rings. The van der Waals surface area contributed by atoms with E-state index in [1.165, 1.54) is 11.8 Å². The minimum Gasteiger partial charge on any atom is -0.467 e. The highest BCUT2D eigenvalue weighted by Crippen LogP contribution is 2.29. The summed E-state index contributed by atoms with van der Waals surface area (Å²) in [7, 11) is 0. The lowest BCUT2D eigenvalue weighted by Gasteiger charge is -2.11. The Kier molecular flexibility index (Phi) is 7.32. The molecule has 2 amide bonds. The van der Waals surface area contributed by atoms with Crippen molar-refractivity contribution in [3.63, 3.8) is 0 Å². The summed E-state index contributed by atoms with van der Waals surface area (Å²) in [5, 5.41) is 23.0. The number of ether oxygens (including phenoxy) is 1. The lowest BCUT2D eigenvalue weighted by molar-refractivity contribution is -0.113. The van der Waals surface area contributed by atoms with E-state index in [0.29, 0.717) is 28.0 Å². The maximum absolute atomic E-state index is 12.6. The minimum absolute atomic E-state index is 0.0585. The number of rotatable bonds is 8. The summed E-state index contributed by atoms with van der Waals surface area (Å²) < 4.78 is 12.6. The number of nitriles is 1. The first kappa shape index (κ1) is 22.4. The van der Waals surface area contributed by atoms with Crippen LogP contribution in [0.15, 0.2) is 27.2 Å². The van der Waals surface area contributed by atoms with Crippen LogP contribution in [0.3, 0.4) is 0 Å². The third-order valence-corrected chi connectivity index (χ3v) is 6.28. The lowest BCUT2D eigenvalue weighted by Crippen LogP contribution is -2.18. The summed E-state index contributed by atoms with van der Waals surface area (Å²) >= 11 is 2.31. The predicted octanol–water partition coefficient (Wildman–Crippen LogP) is 3.77. The molecule has 0 spiro atoms. The Morgan fingerprint density at radius 3 is 2.84 bits per heavy atom. The number of nitrogens with one attached hydrogen (secondary N) is 2. The highest BCUT2D eigenvalue weighted by molar-refractivity contribution is 8.01. The van der Waals surface area contributed by atoms with E-state index in [4.69, 9.17) is 9.15 Å². The zero-order valence-electron chi connectivity index (χ0n) is 17.1. The minimum atomic E-state index is -0.611. The van der Waals surface area contributed by atoms with E-state index in [2.05, 4.69) is 26.9 Å². The van der Waals surface area contributed by atoms with Gasteiger partial charge in [0, 0.05) is 5.69 Å². The number of anilines is 2. The van der Waals surface area contributed by atoms with Crippen LogP contribution in [0.1, 0.15) is 29.5 Å². The van der Waals surface area contributed by atoms with Gasteiger partial charge in [0.25, 0.3) is 0 Å². The quantitative estimate of drug-likeness (QED) is 0.383. The molecule has 0 aliphatic heterocycles. The normalized spacial score (nSPS) is 10.5. The molecular formula is C19H20N6O4S2. The summed E-state index contributed by atoms with van der Waals surface area (Å²) in [6.07, 6.45) is 0.967. The van der Waals surface area contributed by atoms with Crippen LogP contribution in [0.4, 0.5) is 15.7 Å². The second-order valence-electron chi connectivity index (χ2n) is 6.27. The summed E-state index contributed by atoms with van der Waals surface area (Å²) in [5.74, 6) is 0.905. The van der Waals surface area contributed by atoms with E-state index in [0.717, 1.165) is 22.6 Å². The number of furan rings is 1. The molecule has 0 saturated carbocycles.